The highest BCUT2D eigenvalue weighted by Crippen LogP contribution is 2.29. The Balaban J connectivity index is 2.04. The average Bonchev–Trinajstić information content (AvgIpc) is 2.40. The number of pyridine rings is 1. The van der Waals surface area contributed by atoms with Gasteiger partial charge in [0.25, 0.3) is 0 Å². The van der Waals surface area contributed by atoms with E-state index in [2.05, 4.69) is 4.98 Å². The van der Waals surface area contributed by atoms with E-state index in [1.54, 1.807) is 18.3 Å². The molecule has 20 heavy (non-hydrogen) atoms. The molecule has 1 heterocycles. The second-order valence-corrected chi connectivity index (χ2v) is 4.54. The van der Waals surface area contributed by atoms with E-state index in [-0.39, 0.29) is 0 Å². The van der Waals surface area contributed by atoms with Crippen LogP contribution in [0, 0.1) is 0 Å². The monoisotopic (exact) mass is 297 g/mol. The van der Waals surface area contributed by atoms with Gasteiger partial charge in [-0.05, 0) is 35.7 Å². The summed E-state index contributed by atoms with van der Waals surface area (Å²) in [6.45, 7) is 0. The first-order valence-corrected chi connectivity index (χ1v) is 6.28. The van der Waals surface area contributed by atoms with Crippen molar-refractivity contribution in [3.05, 3.63) is 70.5 Å². The lowest BCUT2D eigenvalue weighted by atomic mass is 10.1. The standard InChI is InChI=1S/C15H11ClF3N/c16-14-12(5-2-10-20-14)4-1-3-11-6-8-13(9-7-11)15(17,18)19/h1-3,5-10H,4H2. The van der Waals surface area contributed by atoms with E-state index in [4.69, 9.17) is 11.6 Å². The molecule has 0 fully saturated rings. The molecule has 1 aromatic carbocycles. The summed E-state index contributed by atoms with van der Waals surface area (Å²) in [4.78, 5) is 3.95. The maximum atomic E-state index is 12.4. The molecule has 2 aromatic rings. The van der Waals surface area contributed by atoms with Crippen LogP contribution in [0.25, 0.3) is 6.08 Å². The van der Waals surface area contributed by atoms with E-state index in [1.165, 1.54) is 12.1 Å². The fraction of sp³-hybridized carbons (Fsp3) is 0.133. The van der Waals surface area contributed by atoms with Gasteiger partial charge in [0.2, 0.25) is 0 Å². The third-order valence-electron chi connectivity index (χ3n) is 2.72. The number of aromatic nitrogens is 1. The van der Waals surface area contributed by atoms with E-state index in [9.17, 15) is 13.2 Å². The quantitative estimate of drug-likeness (QED) is 0.726. The highest BCUT2D eigenvalue weighted by atomic mass is 35.5. The molecule has 0 spiro atoms. The summed E-state index contributed by atoms with van der Waals surface area (Å²) in [7, 11) is 0. The van der Waals surface area contributed by atoms with Crippen molar-refractivity contribution in [2.24, 2.45) is 0 Å². The molecule has 0 N–H and O–H groups in total. The van der Waals surface area contributed by atoms with Gasteiger partial charge in [-0.15, -0.1) is 0 Å². The number of rotatable bonds is 3. The number of halogens is 4. The Kier molecular flexibility index (Phi) is 4.45. The van der Waals surface area contributed by atoms with Gasteiger partial charge >= 0.3 is 6.18 Å². The minimum Gasteiger partial charge on any atom is -0.244 e. The first-order chi connectivity index (χ1) is 9.47. The molecule has 0 amide bonds. The third kappa shape index (κ3) is 3.84. The molecule has 5 heteroatoms. The Bertz CT molecular complexity index is 603. The Hall–Kier alpha value is -1.81. The molecule has 1 aromatic heterocycles. The van der Waals surface area contributed by atoms with Gasteiger partial charge in [-0.2, -0.15) is 13.2 Å². The van der Waals surface area contributed by atoms with Crippen molar-refractivity contribution >= 4 is 17.7 Å². The highest BCUT2D eigenvalue weighted by molar-refractivity contribution is 6.30. The number of alkyl halides is 3. The SMILES string of the molecule is FC(F)(F)c1ccc(C=CCc2cccnc2Cl)cc1. The molecule has 2 rings (SSSR count). The maximum absolute atomic E-state index is 12.4. The summed E-state index contributed by atoms with van der Waals surface area (Å²) < 4.78 is 37.2. The minimum atomic E-state index is -4.30. The van der Waals surface area contributed by atoms with Crippen molar-refractivity contribution in [1.82, 2.24) is 4.98 Å². The van der Waals surface area contributed by atoms with Crippen LogP contribution in [0.3, 0.4) is 0 Å². The second kappa shape index (κ2) is 6.09. The van der Waals surface area contributed by atoms with E-state index in [1.807, 2.05) is 12.1 Å². The molecule has 0 saturated carbocycles. The molecule has 0 aliphatic carbocycles. The van der Waals surface area contributed by atoms with Gasteiger partial charge in [-0.3, -0.25) is 0 Å². The minimum absolute atomic E-state index is 0.435. The van der Waals surface area contributed by atoms with Crippen LogP contribution in [-0.2, 0) is 12.6 Å². The van der Waals surface area contributed by atoms with Gasteiger partial charge in [0.05, 0.1) is 5.56 Å². The zero-order valence-electron chi connectivity index (χ0n) is 10.4. The Morgan fingerprint density at radius 3 is 2.40 bits per heavy atom. The summed E-state index contributed by atoms with van der Waals surface area (Å²) in [6, 6.07) is 8.64. The van der Waals surface area contributed by atoms with Crippen LogP contribution in [0.15, 0.2) is 48.7 Å². The van der Waals surface area contributed by atoms with Gasteiger partial charge in [0, 0.05) is 6.20 Å². The van der Waals surface area contributed by atoms with Gasteiger partial charge < -0.3 is 0 Å². The normalized spacial score (nSPS) is 12.0. The van der Waals surface area contributed by atoms with E-state index in [0.717, 1.165) is 17.7 Å². The van der Waals surface area contributed by atoms with Crippen LogP contribution >= 0.6 is 11.6 Å². The van der Waals surface area contributed by atoms with E-state index < -0.39 is 11.7 Å². The molecule has 104 valence electrons. The van der Waals surface area contributed by atoms with Gasteiger partial charge in [-0.25, -0.2) is 4.98 Å². The molecule has 1 nitrogen and oxygen atoms in total. The molecule has 0 aliphatic heterocycles. The second-order valence-electron chi connectivity index (χ2n) is 4.18. The summed E-state index contributed by atoms with van der Waals surface area (Å²) in [5.41, 5.74) is 0.931. The summed E-state index contributed by atoms with van der Waals surface area (Å²) in [5, 5.41) is 0.435. The van der Waals surface area contributed by atoms with Gasteiger partial charge in [0.1, 0.15) is 5.15 Å². The topological polar surface area (TPSA) is 12.9 Å². The predicted molar refractivity (Wildman–Crippen MR) is 73.4 cm³/mol. The number of allylic oxidation sites excluding steroid dienone is 1. The number of benzene rings is 1. The lowest BCUT2D eigenvalue weighted by molar-refractivity contribution is -0.137. The van der Waals surface area contributed by atoms with Crippen LogP contribution in [0.5, 0.6) is 0 Å². The smallest absolute Gasteiger partial charge is 0.244 e. The van der Waals surface area contributed by atoms with Crippen LogP contribution < -0.4 is 0 Å². The van der Waals surface area contributed by atoms with E-state index in [0.29, 0.717) is 17.1 Å². The van der Waals surface area contributed by atoms with E-state index >= 15 is 0 Å². The highest BCUT2D eigenvalue weighted by Gasteiger charge is 2.29. The molecule has 0 unspecified atom stereocenters. The van der Waals surface area contributed by atoms with Crippen molar-refractivity contribution in [3.63, 3.8) is 0 Å². The van der Waals surface area contributed by atoms with Crippen molar-refractivity contribution in [3.8, 4) is 0 Å². The molecule has 0 radical (unpaired) electrons. The summed E-state index contributed by atoms with van der Waals surface area (Å²) in [5.74, 6) is 0. The lowest BCUT2D eigenvalue weighted by Crippen LogP contribution is -2.03. The fourth-order valence-corrected chi connectivity index (χ4v) is 1.87. The van der Waals surface area contributed by atoms with Gasteiger partial charge in [0.15, 0.2) is 0 Å². The zero-order valence-corrected chi connectivity index (χ0v) is 11.1. The Morgan fingerprint density at radius 1 is 1.10 bits per heavy atom. The largest absolute Gasteiger partial charge is 0.416 e. The fourth-order valence-electron chi connectivity index (χ4n) is 1.68. The lowest BCUT2D eigenvalue weighted by Gasteiger charge is -2.05. The van der Waals surface area contributed by atoms with Crippen molar-refractivity contribution in [2.45, 2.75) is 12.6 Å². The van der Waals surface area contributed by atoms with Crippen LogP contribution in [-0.4, -0.2) is 4.98 Å². The molecule has 0 atom stereocenters. The van der Waals surface area contributed by atoms with Crippen molar-refractivity contribution in [2.75, 3.05) is 0 Å². The molecule has 0 saturated heterocycles. The zero-order chi connectivity index (χ0) is 14.6. The predicted octanol–water partition coefficient (Wildman–Crippen LogP) is 5.01. The summed E-state index contributed by atoms with van der Waals surface area (Å²) in [6.07, 6.45) is 1.47. The number of hydrogen-bond acceptors (Lipinski definition) is 1. The van der Waals surface area contributed by atoms with Gasteiger partial charge in [-0.1, -0.05) is 42.0 Å². The number of hydrogen-bond donors (Lipinski definition) is 0. The molecular formula is C15H11ClF3N. The first kappa shape index (κ1) is 14.6. The average molecular weight is 298 g/mol. The van der Waals surface area contributed by atoms with Crippen LogP contribution in [0.4, 0.5) is 13.2 Å². The van der Waals surface area contributed by atoms with Crippen molar-refractivity contribution in [1.29, 1.82) is 0 Å². The first-order valence-electron chi connectivity index (χ1n) is 5.90. The van der Waals surface area contributed by atoms with Crippen LogP contribution in [0.2, 0.25) is 5.15 Å². The number of nitrogens with zero attached hydrogens (tertiary/aromatic N) is 1. The maximum Gasteiger partial charge on any atom is 0.416 e. The van der Waals surface area contributed by atoms with Crippen molar-refractivity contribution < 1.29 is 13.2 Å². The third-order valence-corrected chi connectivity index (χ3v) is 3.06. The van der Waals surface area contributed by atoms with Crippen LogP contribution in [0.1, 0.15) is 16.7 Å². The molecule has 0 aliphatic rings. The Labute approximate surface area is 119 Å². The molecular weight excluding hydrogens is 287 g/mol. The Morgan fingerprint density at radius 2 is 1.80 bits per heavy atom. The summed E-state index contributed by atoms with van der Waals surface area (Å²) >= 11 is 5.91. The molecule has 0 bridgehead atoms.